The van der Waals surface area contributed by atoms with E-state index >= 15 is 0 Å². The van der Waals surface area contributed by atoms with Crippen LogP contribution in [0.1, 0.15) is 37.8 Å². The predicted molar refractivity (Wildman–Crippen MR) is 89.1 cm³/mol. The fourth-order valence-corrected chi connectivity index (χ4v) is 3.86. The van der Waals surface area contributed by atoms with Crippen molar-refractivity contribution in [2.75, 3.05) is 27.3 Å². The van der Waals surface area contributed by atoms with Crippen LogP contribution in [-0.4, -0.2) is 38.3 Å². The zero-order valence-electron chi connectivity index (χ0n) is 13.1. The molecule has 1 aromatic rings. The SMILES string of the molecule is CCC1CCCN1C(CN)c1cc(OC)c(OC)cc1Br. The highest BCUT2D eigenvalue weighted by atomic mass is 79.9. The Labute approximate surface area is 135 Å². The molecular weight excluding hydrogens is 332 g/mol. The number of halogens is 1. The van der Waals surface area contributed by atoms with Gasteiger partial charge in [0.15, 0.2) is 11.5 Å². The van der Waals surface area contributed by atoms with E-state index in [4.69, 9.17) is 15.2 Å². The zero-order valence-corrected chi connectivity index (χ0v) is 14.6. The second-order valence-corrected chi connectivity index (χ2v) is 6.28. The first-order valence-corrected chi connectivity index (χ1v) is 8.32. The minimum atomic E-state index is 0.214. The summed E-state index contributed by atoms with van der Waals surface area (Å²) in [5, 5.41) is 0. The van der Waals surface area contributed by atoms with Gasteiger partial charge >= 0.3 is 0 Å². The van der Waals surface area contributed by atoms with Gasteiger partial charge in [-0.15, -0.1) is 0 Å². The molecule has 0 amide bonds. The van der Waals surface area contributed by atoms with E-state index in [1.807, 2.05) is 12.1 Å². The lowest BCUT2D eigenvalue weighted by molar-refractivity contribution is 0.179. The molecule has 0 aromatic heterocycles. The van der Waals surface area contributed by atoms with Crippen LogP contribution < -0.4 is 15.2 Å². The number of benzene rings is 1. The number of hydrogen-bond donors (Lipinski definition) is 1. The van der Waals surface area contributed by atoms with Gasteiger partial charge in [0.2, 0.25) is 0 Å². The second-order valence-electron chi connectivity index (χ2n) is 5.42. The van der Waals surface area contributed by atoms with Crippen LogP contribution >= 0.6 is 15.9 Å². The van der Waals surface area contributed by atoms with Crippen LogP contribution in [-0.2, 0) is 0 Å². The van der Waals surface area contributed by atoms with Crippen molar-refractivity contribution in [3.63, 3.8) is 0 Å². The van der Waals surface area contributed by atoms with Gasteiger partial charge < -0.3 is 15.2 Å². The minimum Gasteiger partial charge on any atom is -0.493 e. The quantitative estimate of drug-likeness (QED) is 0.848. The van der Waals surface area contributed by atoms with E-state index in [1.54, 1.807) is 14.2 Å². The Morgan fingerprint density at radius 2 is 2.00 bits per heavy atom. The number of ether oxygens (including phenoxy) is 2. The Morgan fingerprint density at radius 3 is 2.57 bits per heavy atom. The zero-order chi connectivity index (χ0) is 15.4. The summed E-state index contributed by atoms with van der Waals surface area (Å²) >= 11 is 3.66. The lowest BCUT2D eigenvalue weighted by Gasteiger charge is -2.33. The first-order valence-electron chi connectivity index (χ1n) is 7.53. The molecule has 1 fully saturated rings. The van der Waals surface area contributed by atoms with Crippen molar-refractivity contribution >= 4 is 15.9 Å². The first kappa shape index (κ1) is 16.6. The lowest BCUT2D eigenvalue weighted by Crippen LogP contribution is -2.37. The van der Waals surface area contributed by atoms with E-state index in [2.05, 4.69) is 27.8 Å². The maximum Gasteiger partial charge on any atom is 0.161 e. The monoisotopic (exact) mass is 356 g/mol. The molecule has 21 heavy (non-hydrogen) atoms. The van der Waals surface area contributed by atoms with Crippen LogP contribution in [0.15, 0.2) is 16.6 Å². The molecule has 0 bridgehead atoms. The summed E-state index contributed by atoms with van der Waals surface area (Å²) in [6.45, 7) is 3.96. The number of nitrogens with two attached hydrogens (primary N) is 1. The highest BCUT2D eigenvalue weighted by molar-refractivity contribution is 9.10. The molecule has 0 aliphatic carbocycles. The Kier molecular flexibility index (Phi) is 5.90. The van der Waals surface area contributed by atoms with Crippen LogP contribution in [0.5, 0.6) is 11.5 Å². The number of rotatable bonds is 6. The van der Waals surface area contributed by atoms with Gasteiger partial charge in [-0.25, -0.2) is 0 Å². The minimum absolute atomic E-state index is 0.214. The molecule has 2 rings (SSSR count). The van der Waals surface area contributed by atoms with Crippen molar-refractivity contribution in [2.24, 2.45) is 5.73 Å². The number of nitrogens with zero attached hydrogens (tertiary/aromatic N) is 1. The average Bonchev–Trinajstić information content (AvgIpc) is 2.97. The molecule has 5 heteroatoms. The van der Waals surface area contributed by atoms with Gasteiger partial charge in [0, 0.05) is 23.1 Å². The topological polar surface area (TPSA) is 47.7 Å². The highest BCUT2D eigenvalue weighted by Crippen LogP contribution is 2.39. The van der Waals surface area contributed by atoms with Gasteiger partial charge in [-0.1, -0.05) is 22.9 Å². The third-order valence-corrected chi connectivity index (χ3v) is 5.07. The molecule has 1 aliphatic rings. The van der Waals surface area contributed by atoms with Crippen LogP contribution in [0.3, 0.4) is 0 Å². The summed E-state index contributed by atoms with van der Waals surface area (Å²) in [4.78, 5) is 2.53. The van der Waals surface area contributed by atoms with Crippen molar-refractivity contribution < 1.29 is 9.47 Å². The van der Waals surface area contributed by atoms with Crippen molar-refractivity contribution in [1.29, 1.82) is 0 Å². The first-order chi connectivity index (χ1) is 10.2. The van der Waals surface area contributed by atoms with Gasteiger partial charge in [0.05, 0.1) is 14.2 Å². The van der Waals surface area contributed by atoms with Crippen LogP contribution in [0, 0.1) is 0 Å². The highest BCUT2D eigenvalue weighted by Gasteiger charge is 2.31. The largest absolute Gasteiger partial charge is 0.493 e. The smallest absolute Gasteiger partial charge is 0.161 e. The van der Waals surface area contributed by atoms with Gasteiger partial charge in [-0.05, 0) is 43.5 Å². The third-order valence-electron chi connectivity index (χ3n) is 4.38. The summed E-state index contributed by atoms with van der Waals surface area (Å²) in [5.74, 6) is 1.48. The van der Waals surface area contributed by atoms with Crippen molar-refractivity contribution in [3.8, 4) is 11.5 Å². The summed E-state index contributed by atoms with van der Waals surface area (Å²) in [7, 11) is 3.32. The second kappa shape index (κ2) is 7.47. The molecule has 1 heterocycles. The average molecular weight is 357 g/mol. The van der Waals surface area contributed by atoms with Crippen molar-refractivity contribution in [1.82, 2.24) is 4.90 Å². The molecule has 0 saturated carbocycles. The van der Waals surface area contributed by atoms with Gasteiger partial charge in [0.1, 0.15) is 0 Å². The van der Waals surface area contributed by atoms with Crippen LogP contribution in [0.4, 0.5) is 0 Å². The predicted octanol–water partition coefficient (Wildman–Crippen LogP) is 3.34. The molecule has 1 saturated heterocycles. The van der Waals surface area contributed by atoms with E-state index in [0.717, 1.165) is 22.5 Å². The van der Waals surface area contributed by atoms with E-state index in [-0.39, 0.29) is 6.04 Å². The van der Waals surface area contributed by atoms with Crippen LogP contribution in [0.25, 0.3) is 0 Å². The Bertz CT molecular complexity index is 482. The fraction of sp³-hybridized carbons (Fsp3) is 0.625. The Hall–Kier alpha value is -0.780. The van der Waals surface area contributed by atoms with Crippen molar-refractivity contribution in [2.45, 2.75) is 38.3 Å². The van der Waals surface area contributed by atoms with Crippen molar-refractivity contribution in [3.05, 3.63) is 22.2 Å². The fourth-order valence-electron chi connectivity index (χ4n) is 3.27. The molecule has 4 nitrogen and oxygen atoms in total. The van der Waals surface area contributed by atoms with E-state index in [0.29, 0.717) is 12.6 Å². The number of hydrogen-bond acceptors (Lipinski definition) is 4. The lowest BCUT2D eigenvalue weighted by atomic mass is 10.0. The normalized spacial score (nSPS) is 20.5. The molecule has 1 aliphatic heterocycles. The van der Waals surface area contributed by atoms with E-state index < -0.39 is 0 Å². The summed E-state index contributed by atoms with van der Waals surface area (Å²) < 4.78 is 11.8. The van der Waals surface area contributed by atoms with Gasteiger partial charge in [-0.2, -0.15) is 0 Å². The Balaban J connectivity index is 2.37. The third kappa shape index (κ3) is 3.35. The number of likely N-dealkylation sites (tertiary alicyclic amines) is 1. The standard InChI is InChI=1S/C16H25BrN2O2/c1-4-11-6-5-7-19(11)14(10-18)12-8-15(20-2)16(21-3)9-13(12)17/h8-9,11,14H,4-7,10,18H2,1-3H3. The molecule has 118 valence electrons. The molecule has 2 N–H and O–H groups in total. The van der Waals surface area contributed by atoms with Gasteiger partial charge in [0.25, 0.3) is 0 Å². The summed E-state index contributed by atoms with van der Waals surface area (Å²) in [5.41, 5.74) is 7.27. The van der Waals surface area contributed by atoms with Crippen LogP contribution in [0.2, 0.25) is 0 Å². The molecule has 1 aromatic carbocycles. The van der Waals surface area contributed by atoms with Gasteiger partial charge in [-0.3, -0.25) is 4.90 Å². The number of methoxy groups -OCH3 is 2. The molecule has 2 unspecified atom stereocenters. The molecule has 0 spiro atoms. The molecule has 2 atom stereocenters. The molecular formula is C16H25BrN2O2. The maximum absolute atomic E-state index is 6.10. The van der Waals surface area contributed by atoms with E-state index in [9.17, 15) is 0 Å². The maximum atomic E-state index is 6.10. The summed E-state index contributed by atoms with van der Waals surface area (Å²) in [6, 6.07) is 4.85. The summed E-state index contributed by atoms with van der Waals surface area (Å²) in [6.07, 6.45) is 3.68. The van der Waals surface area contributed by atoms with E-state index in [1.165, 1.54) is 24.8 Å². The Morgan fingerprint density at radius 1 is 1.33 bits per heavy atom. The molecule has 0 radical (unpaired) electrons.